The van der Waals surface area contributed by atoms with Crippen LogP contribution in [-0.4, -0.2) is 61.5 Å². The third kappa shape index (κ3) is 4.45. The molecule has 9 unspecified atom stereocenters. The van der Waals surface area contributed by atoms with Crippen molar-refractivity contribution in [2.45, 2.75) is 101 Å². The van der Waals surface area contributed by atoms with Crippen LogP contribution in [0.2, 0.25) is 0 Å². The second-order valence-corrected chi connectivity index (χ2v) is 16.1. The maximum Gasteiger partial charge on any atom is 3.00 e. The van der Waals surface area contributed by atoms with Crippen molar-refractivity contribution in [1.29, 1.82) is 0 Å². The molecule has 6 saturated carbocycles. The number of rotatable bonds is 3. The third-order valence-corrected chi connectivity index (χ3v) is 14.4. The number of carboxylic acid groups (broad SMARTS) is 3. The van der Waals surface area contributed by atoms with Gasteiger partial charge in [0.2, 0.25) is 0 Å². The van der Waals surface area contributed by atoms with Gasteiger partial charge in [0.25, 0.3) is 0 Å². The maximum absolute atomic E-state index is 11.9. The van der Waals surface area contributed by atoms with E-state index in [0.29, 0.717) is 0 Å². The van der Waals surface area contributed by atoms with Crippen LogP contribution in [0.25, 0.3) is 0 Å². The SMILES string of the molecule is CC12CCC(C(C(=O)[O-])C1=O)C2(C)C.CC12CCC(C(C(=O)[O-])C1=O)C2(C)C.CC12CCC(C(C(=O)[O-])C1=O)C2(C)C.[Bi+3]. The van der Waals surface area contributed by atoms with Crippen molar-refractivity contribution in [3.05, 3.63) is 0 Å². The Morgan fingerprint density at radius 2 is 0.674 bits per heavy atom. The fourth-order valence-corrected chi connectivity index (χ4v) is 10.1. The molecule has 6 bridgehead atoms. The number of fused-ring (bicyclic) bond motifs is 6. The molecule has 2 radical (unpaired) electrons. The molecule has 0 aromatic rings. The molecule has 9 atom stereocenters. The monoisotopic (exact) mass is 794 g/mol. The zero-order valence-electron chi connectivity index (χ0n) is 26.8. The first-order valence-electron chi connectivity index (χ1n) is 15.2. The molecule has 0 saturated heterocycles. The summed E-state index contributed by atoms with van der Waals surface area (Å²) in [7, 11) is 0. The van der Waals surface area contributed by atoms with Gasteiger partial charge >= 0.3 is 26.2 Å². The average Bonchev–Trinajstić information content (AvgIpc) is 3.48. The number of carboxylic acids is 3. The second kappa shape index (κ2) is 10.7. The summed E-state index contributed by atoms with van der Waals surface area (Å²) in [5, 5.41) is 32.7. The first kappa shape index (κ1) is 35.8. The molecule has 0 heterocycles. The number of ketones is 3. The van der Waals surface area contributed by atoms with E-state index in [2.05, 4.69) is 0 Å². The molecular weight excluding hydrogens is 749 g/mol. The van der Waals surface area contributed by atoms with E-state index >= 15 is 0 Å². The molecule has 6 aliphatic rings. The minimum atomic E-state index is -1.18. The van der Waals surface area contributed by atoms with Gasteiger partial charge in [0, 0.05) is 16.2 Å². The minimum absolute atomic E-state index is 0. The summed E-state index contributed by atoms with van der Waals surface area (Å²) in [6.45, 7) is 17.7. The van der Waals surface area contributed by atoms with E-state index in [1.165, 1.54) is 0 Å². The minimum Gasteiger partial charge on any atom is -0.549 e. The summed E-state index contributed by atoms with van der Waals surface area (Å²) in [6, 6.07) is 0. The smallest absolute Gasteiger partial charge is 0.549 e. The molecule has 0 aliphatic heterocycles. The third-order valence-electron chi connectivity index (χ3n) is 14.4. The molecule has 0 N–H and O–H groups in total. The van der Waals surface area contributed by atoms with Gasteiger partial charge in [-0.25, -0.2) is 0 Å². The summed E-state index contributed by atoms with van der Waals surface area (Å²) < 4.78 is 0. The molecular formula is C33H45BiO9. The second-order valence-electron chi connectivity index (χ2n) is 16.1. The van der Waals surface area contributed by atoms with Gasteiger partial charge in [-0.1, -0.05) is 62.3 Å². The molecule has 6 aliphatic carbocycles. The normalized spacial score (nSPS) is 43.3. The van der Waals surface area contributed by atoms with Crippen LogP contribution in [0.3, 0.4) is 0 Å². The summed E-state index contributed by atoms with van der Waals surface area (Å²) in [5.41, 5.74) is -1.88. The zero-order chi connectivity index (χ0) is 32.2. The Kier molecular flexibility index (Phi) is 8.90. The van der Waals surface area contributed by atoms with E-state index < -0.39 is 51.9 Å². The van der Waals surface area contributed by atoms with E-state index in [9.17, 15) is 44.1 Å². The predicted molar refractivity (Wildman–Crippen MR) is 150 cm³/mol. The van der Waals surface area contributed by atoms with Gasteiger partial charge in [0.15, 0.2) is 0 Å². The van der Waals surface area contributed by atoms with Gasteiger partial charge < -0.3 is 29.7 Å². The Morgan fingerprint density at radius 3 is 0.767 bits per heavy atom. The van der Waals surface area contributed by atoms with Gasteiger partial charge in [-0.2, -0.15) is 0 Å². The summed E-state index contributed by atoms with van der Waals surface area (Å²) in [6.07, 6.45) is 5.00. The van der Waals surface area contributed by atoms with Crippen LogP contribution >= 0.6 is 0 Å². The zero-order valence-corrected chi connectivity index (χ0v) is 30.3. The standard InChI is InChI=1S/3C11H16O3.Bi/c3*1-10(2)6-4-5-11(10,3)8(12)7(6)9(13)14;/h3*6-7H,4-5H2,1-3H3,(H,13,14);/q;;;+3/p-3. The molecule has 236 valence electrons. The molecule has 0 aromatic heterocycles. The quantitative estimate of drug-likeness (QED) is 0.296. The number of hydrogen-bond acceptors (Lipinski definition) is 9. The number of carbonyl (C=O) groups excluding carboxylic acids is 6. The topological polar surface area (TPSA) is 172 Å². The van der Waals surface area contributed by atoms with E-state index in [1.54, 1.807) is 0 Å². The van der Waals surface area contributed by atoms with E-state index in [1.807, 2.05) is 62.3 Å². The van der Waals surface area contributed by atoms with E-state index in [-0.39, 0.29) is 77.6 Å². The van der Waals surface area contributed by atoms with Gasteiger partial charge in [-0.05, 0) is 72.5 Å². The van der Waals surface area contributed by atoms with Gasteiger partial charge in [0.05, 0.1) is 35.7 Å². The van der Waals surface area contributed by atoms with Crippen molar-refractivity contribution in [3.8, 4) is 0 Å². The van der Waals surface area contributed by atoms with Crippen LogP contribution in [0.1, 0.15) is 101 Å². The van der Waals surface area contributed by atoms with Gasteiger partial charge in [-0.3, -0.25) is 14.4 Å². The van der Waals surface area contributed by atoms with E-state index in [0.717, 1.165) is 38.5 Å². The largest absolute Gasteiger partial charge is 3.00 e. The van der Waals surface area contributed by atoms with Crippen LogP contribution in [0.15, 0.2) is 0 Å². The summed E-state index contributed by atoms with van der Waals surface area (Å²) in [5.74, 6) is -6.53. The molecule has 6 fully saturated rings. The van der Waals surface area contributed by atoms with Crippen molar-refractivity contribution in [1.82, 2.24) is 0 Å². The molecule has 0 amide bonds. The van der Waals surface area contributed by atoms with Crippen LogP contribution in [0.4, 0.5) is 0 Å². The number of carbonyl (C=O) groups is 6. The average molecular weight is 795 g/mol. The van der Waals surface area contributed by atoms with E-state index in [4.69, 9.17) is 0 Å². The van der Waals surface area contributed by atoms with Crippen LogP contribution in [-0.2, 0) is 28.8 Å². The Labute approximate surface area is 273 Å². The van der Waals surface area contributed by atoms with Crippen LogP contribution in [0, 0.1) is 68.0 Å². The molecule has 6 rings (SSSR count). The summed E-state index contributed by atoms with van der Waals surface area (Å²) >= 11 is 0. The number of hydrogen-bond donors (Lipinski definition) is 0. The first-order chi connectivity index (χ1) is 19.0. The fourth-order valence-electron chi connectivity index (χ4n) is 10.1. The molecule has 9 nitrogen and oxygen atoms in total. The van der Waals surface area contributed by atoms with Crippen molar-refractivity contribution in [2.75, 3.05) is 0 Å². The van der Waals surface area contributed by atoms with Crippen molar-refractivity contribution in [3.63, 3.8) is 0 Å². The first-order valence-corrected chi connectivity index (χ1v) is 15.2. The number of Topliss-reactive ketones (excluding diaryl/α,β-unsaturated/α-hetero) is 3. The van der Waals surface area contributed by atoms with Gasteiger partial charge in [-0.15, -0.1) is 0 Å². The molecule has 0 spiro atoms. The predicted octanol–water partition coefficient (Wildman–Crippen LogP) is 0.752. The Balaban J connectivity index is 0.000000175. The Hall–Kier alpha value is -1.70. The maximum atomic E-state index is 11.9. The van der Waals surface area contributed by atoms with Crippen molar-refractivity contribution < 1.29 is 44.1 Å². The van der Waals surface area contributed by atoms with Crippen LogP contribution < -0.4 is 15.3 Å². The van der Waals surface area contributed by atoms with Gasteiger partial charge in [0.1, 0.15) is 17.3 Å². The number of aliphatic carboxylic acids is 3. The Morgan fingerprint density at radius 1 is 0.488 bits per heavy atom. The summed E-state index contributed by atoms with van der Waals surface area (Å²) in [4.78, 5) is 68.5. The molecule has 0 aromatic carbocycles. The fraction of sp³-hybridized carbons (Fsp3) is 0.818. The van der Waals surface area contributed by atoms with Crippen molar-refractivity contribution >= 4 is 61.5 Å². The van der Waals surface area contributed by atoms with Crippen molar-refractivity contribution in [2.24, 2.45) is 68.0 Å². The Bertz CT molecular complexity index is 1110. The molecule has 10 heteroatoms. The molecule has 43 heavy (non-hydrogen) atoms. The van der Waals surface area contributed by atoms with Crippen LogP contribution in [0.5, 0.6) is 0 Å².